The molecule has 0 radical (unpaired) electrons. The van der Waals surface area contributed by atoms with E-state index in [0.29, 0.717) is 6.42 Å². The predicted octanol–water partition coefficient (Wildman–Crippen LogP) is 3.08. The zero-order valence-corrected chi connectivity index (χ0v) is 10.8. The zero-order valence-electron chi connectivity index (χ0n) is 10.00. The van der Waals surface area contributed by atoms with Gasteiger partial charge in [-0.1, -0.05) is 25.8 Å². The number of halogens is 4. The van der Waals surface area contributed by atoms with E-state index >= 15 is 0 Å². The van der Waals surface area contributed by atoms with E-state index < -0.39 is 29.6 Å². The van der Waals surface area contributed by atoms with Crippen molar-refractivity contribution in [3.63, 3.8) is 0 Å². The van der Waals surface area contributed by atoms with Gasteiger partial charge in [0.1, 0.15) is 0 Å². The molecule has 104 valence electrons. The number of hydrogen-bond donors (Lipinski definition) is 2. The highest BCUT2D eigenvalue weighted by atomic mass is 35.5. The minimum absolute atomic E-state index is 0. The highest BCUT2D eigenvalue weighted by Gasteiger charge is 2.23. The third-order valence-electron chi connectivity index (χ3n) is 2.69. The number of nitrogens with two attached hydrogens (primary N) is 1. The molecule has 6 heteroatoms. The molecule has 0 aliphatic heterocycles. The van der Waals surface area contributed by atoms with Gasteiger partial charge in [0.05, 0.1) is 12.1 Å². The first-order valence-electron chi connectivity index (χ1n) is 5.56. The second kappa shape index (κ2) is 7.61. The SMILES string of the molecule is CCCC[C@H](O)[C@H](N)c1ccc(F)c(F)c1F.Cl. The topological polar surface area (TPSA) is 46.2 Å². The van der Waals surface area contributed by atoms with Crippen LogP contribution in [-0.2, 0) is 0 Å². The summed E-state index contributed by atoms with van der Waals surface area (Å²) < 4.78 is 39.1. The Morgan fingerprint density at radius 3 is 2.39 bits per heavy atom. The summed E-state index contributed by atoms with van der Waals surface area (Å²) in [5, 5.41) is 9.68. The highest BCUT2D eigenvalue weighted by molar-refractivity contribution is 5.85. The zero-order chi connectivity index (χ0) is 13.0. The fraction of sp³-hybridized carbons (Fsp3) is 0.500. The third-order valence-corrected chi connectivity index (χ3v) is 2.69. The van der Waals surface area contributed by atoms with Gasteiger partial charge in [0.25, 0.3) is 0 Å². The van der Waals surface area contributed by atoms with Crippen LogP contribution in [0.2, 0.25) is 0 Å². The van der Waals surface area contributed by atoms with Crippen molar-refractivity contribution in [3.8, 4) is 0 Å². The van der Waals surface area contributed by atoms with Gasteiger partial charge in [-0.05, 0) is 12.5 Å². The Morgan fingerprint density at radius 2 is 1.83 bits per heavy atom. The lowest BCUT2D eigenvalue weighted by molar-refractivity contribution is 0.130. The summed E-state index contributed by atoms with van der Waals surface area (Å²) in [6, 6.07) is 0.824. The van der Waals surface area contributed by atoms with Crippen molar-refractivity contribution in [2.45, 2.75) is 38.3 Å². The molecule has 0 unspecified atom stereocenters. The minimum atomic E-state index is -1.55. The van der Waals surface area contributed by atoms with Gasteiger partial charge in [0.2, 0.25) is 0 Å². The van der Waals surface area contributed by atoms with Gasteiger partial charge in [-0.2, -0.15) is 0 Å². The molecule has 1 aromatic carbocycles. The normalized spacial score (nSPS) is 13.9. The van der Waals surface area contributed by atoms with Gasteiger partial charge in [0, 0.05) is 5.56 Å². The maximum absolute atomic E-state index is 13.4. The molecule has 3 N–H and O–H groups in total. The molecule has 0 aromatic heterocycles. The summed E-state index contributed by atoms with van der Waals surface area (Å²) in [6.07, 6.45) is 1.04. The van der Waals surface area contributed by atoms with Gasteiger partial charge in [0.15, 0.2) is 17.5 Å². The maximum atomic E-state index is 13.4. The quantitative estimate of drug-likeness (QED) is 0.816. The average molecular weight is 284 g/mol. The van der Waals surface area contributed by atoms with Crippen LogP contribution < -0.4 is 5.73 Å². The van der Waals surface area contributed by atoms with E-state index in [9.17, 15) is 18.3 Å². The maximum Gasteiger partial charge on any atom is 0.194 e. The molecule has 1 aromatic rings. The molecule has 18 heavy (non-hydrogen) atoms. The Balaban J connectivity index is 0.00000289. The van der Waals surface area contributed by atoms with Crippen LogP contribution in [0.1, 0.15) is 37.8 Å². The first-order valence-corrected chi connectivity index (χ1v) is 5.56. The van der Waals surface area contributed by atoms with Crippen LogP contribution in [-0.4, -0.2) is 11.2 Å². The number of hydrogen-bond acceptors (Lipinski definition) is 2. The molecule has 0 spiro atoms. The van der Waals surface area contributed by atoms with E-state index in [2.05, 4.69) is 0 Å². The summed E-state index contributed by atoms with van der Waals surface area (Å²) in [7, 11) is 0. The molecular formula is C12H17ClF3NO. The van der Waals surface area contributed by atoms with Crippen molar-refractivity contribution in [1.29, 1.82) is 0 Å². The fourth-order valence-electron chi connectivity index (χ4n) is 1.60. The van der Waals surface area contributed by atoms with Crippen LogP contribution in [0.4, 0.5) is 13.2 Å². The van der Waals surface area contributed by atoms with Gasteiger partial charge in [-0.25, -0.2) is 13.2 Å². The number of benzene rings is 1. The monoisotopic (exact) mass is 283 g/mol. The van der Waals surface area contributed by atoms with E-state index in [-0.39, 0.29) is 18.0 Å². The average Bonchev–Trinajstić information content (AvgIpc) is 2.32. The van der Waals surface area contributed by atoms with E-state index in [1.165, 1.54) is 0 Å². The van der Waals surface area contributed by atoms with Crippen LogP contribution in [0.3, 0.4) is 0 Å². The van der Waals surface area contributed by atoms with Crippen molar-refractivity contribution in [3.05, 3.63) is 35.1 Å². The van der Waals surface area contributed by atoms with Crippen molar-refractivity contribution in [2.75, 3.05) is 0 Å². The summed E-state index contributed by atoms with van der Waals surface area (Å²) in [5.41, 5.74) is 5.42. The molecule has 0 fully saturated rings. The van der Waals surface area contributed by atoms with Crippen LogP contribution in [0.15, 0.2) is 12.1 Å². The number of aliphatic hydroxyl groups is 1. The Kier molecular flexibility index (Phi) is 7.28. The molecule has 2 atom stereocenters. The number of unbranched alkanes of at least 4 members (excludes halogenated alkanes) is 1. The number of aliphatic hydroxyl groups excluding tert-OH is 1. The molecule has 0 aliphatic carbocycles. The largest absolute Gasteiger partial charge is 0.391 e. The second-order valence-electron chi connectivity index (χ2n) is 4.00. The lowest BCUT2D eigenvalue weighted by Crippen LogP contribution is -2.27. The first kappa shape index (κ1) is 17.2. The molecule has 0 saturated heterocycles. The standard InChI is InChI=1S/C12H16F3NO.ClH/c1-2-3-4-9(17)12(16)7-5-6-8(13)11(15)10(7)14;/h5-6,9,12,17H,2-4,16H2,1H3;1H/t9-,12+;/m0./s1. The molecule has 1 rings (SSSR count). The Labute approximate surface area is 110 Å². The lowest BCUT2D eigenvalue weighted by atomic mass is 9.98. The van der Waals surface area contributed by atoms with Crippen LogP contribution in [0.5, 0.6) is 0 Å². The highest BCUT2D eigenvalue weighted by Crippen LogP contribution is 2.24. The van der Waals surface area contributed by atoms with E-state index in [4.69, 9.17) is 5.73 Å². The molecule has 0 saturated carbocycles. The third kappa shape index (κ3) is 3.86. The fourth-order valence-corrected chi connectivity index (χ4v) is 1.60. The number of rotatable bonds is 5. The Bertz CT molecular complexity index is 390. The smallest absolute Gasteiger partial charge is 0.194 e. The summed E-state index contributed by atoms with van der Waals surface area (Å²) in [6.45, 7) is 1.94. The van der Waals surface area contributed by atoms with Crippen LogP contribution >= 0.6 is 12.4 Å². The molecule has 0 amide bonds. The molecule has 2 nitrogen and oxygen atoms in total. The van der Waals surface area contributed by atoms with Gasteiger partial charge < -0.3 is 10.8 Å². The van der Waals surface area contributed by atoms with Crippen molar-refractivity contribution < 1.29 is 18.3 Å². The second-order valence-corrected chi connectivity index (χ2v) is 4.00. The molecule has 0 bridgehead atoms. The van der Waals surface area contributed by atoms with Crippen LogP contribution in [0, 0.1) is 17.5 Å². The first-order chi connectivity index (χ1) is 7.99. The lowest BCUT2D eigenvalue weighted by Gasteiger charge is -2.19. The Morgan fingerprint density at radius 1 is 1.22 bits per heavy atom. The van der Waals surface area contributed by atoms with Gasteiger partial charge in [-0.15, -0.1) is 12.4 Å². The van der Waals surface area contributed by atoms with Crippen molar-refractivity contribution >= 4 is 12.4 Å². The molecule has 0 aliphatic rings. The summed E-state index contributed by atoms with van der Waals surface area (Å²) >= 11 is 0. The minimum Gasteiger partial charge on any atom is -0.391 e. The Hall–Kier alpha value is -0.780. The van der Waals surface area contributed by atoms with E-state index in [1.807, 2.05) is 6.92 Å². The van der Waals surface area contributed by atoms with Crippen LogP contribution in [0.25, 0.3) is 0 Å². The van der Waals surface area contributed by atoms with E-state index in [0.717, 1.165) is 25.0 Å². The predicted molar refractivity (Wildman–Crippen MR) is 66.0 cm³/mol. The van der Waals surface area contributed by atoms with Crippen molar-refractivity contribution in [1.82, 2.24) is 0 Å². The van der Waals surface area contributed by atoms with Gasteiger partial charge in [-0.3, -0.25) is 0 Å². The van der Waals surface area contributed by atoms with Gasteiger partial charge >= 0.3 is 0 Å². The molecular weight excluding hydrogens is 267 g/mol. The van der Waals surface area contributed by atoms with E-state index in [1.54, 1.807) is 0 Å². The summed E-state index contributed by atoms with van der Waals surface area (Å²) in [5.74, 6) is -4.14. The summed E-state index contributed by atoms with van der Waals surface area (Å²) in [4.78, 5) is 0. The molecule has 0 heterocycles. The van der Waals surface area contributed by atoms with Crippen molar-refractivity contribution in [2.24, 2.45) is 5.73 Å².